The molecular weight excluding hydrogens is 285 g/mol. The molecular formula is C13H13Cl2N3O. The number of hydrogen-bond donors (Lipinski definition) is 0. The fourth-order valence-corrected chi connectivity index (χ4v) is 1.87. The van der Waals surface area contributed by atoms with Crippen molar-refractivity contribution < 1.29 is 4.74 Å². The molecule has 2 rings (SSSR count). The van der Waals surface area contributed by atoms with Crippen LogP contribution in [-0.2, 0) is 0 Å². The van der Waals surface area contributed by atoms with E-state index in [1.807, 2.05) is 25.1 Å². The summed E-state index contributed by atoms with van der Waals surface area (Å²) in [4.78, 5) is 10.5. The largest absolute Gasteiger partial charge is 0.493 e. The van der Waals surface area contributed by atoms with E-state index < -0.39 is 0 Å². The van der Waals surface area contributed by atoms with Gasteiger partial charge in [-0.15, -0.1) is 0 Å². The first-order valence-electron chi connectivity index (χ1n) is 5.56. The molecule has 0 atom stereocenters. The number of halogens is 2. The minimum absolute atomic E-state index is 0.478. The summed E-state index contributed by atoms with van der Waals surface area (Å²) >= 11 is 12.0. The summed E-state index contributed by atoms with van der Waals surface area (Å²) in [5, 5.41) is 0.984. The van der Waals surface area contributed by atoms with Crippen LogP contribution < -0.4 is 9.64 Å². The van der Waals surface area contributed by atoms with Crippen LogP contribution in [0.4, 0.5) is 5.95 Å². The third-order valence-electron chi connectivity index (χ3n) is 2.56. The Morgan fingerprint density at radius 3 is 2.47 bits per heavy atom. The van der Waals surface area contributed by atoms with Gasteiger partial charge in [-0.05, 0) is 12.1 Å². The highest BCUT2D eigenvalue weighted by atomic mass is 35.5. The van der Waals surface area contributed by atoms with Crippen molar-refractivity contribution in [3.05, 3.63) is 34.4 Å². The van der Waals surface area contributed by atoms with Crippen LogP contribution in [0.3, 0.4) is 0 Å². The molecule has 19 heavy (non-hydrogen) atoms. The molecule has 0 amide bonds. The van der Waals surface area contributed by atoms with Gasteiger partial charge in [-0.2, -0.15) is 0 Å². The molecule has 0 spiro atoms. The maximum Gasteiger partial charge on any atom is 0.225 e. The smallest absolute Gasteiger partial charge is 0.225 e. The number of ether oxygens (including phenoxy) is 1. The summed E-state index contributed by atoms with van der Waals surface area (Å²) in [6.07, 6.45) is 1.64. The van der Waals surface area contributed by atoms with Crippen LogP contribution >= 0.6 is 23.2 Å². The van der Waals surface area contributed by atoms with E-state index in [1.54, 1.807) is 25.4 Å². The molecule has 0 unspecified atom stereocenters. The van der Waals surface area contributed by atoms with Crippen LogP contribution in [0.25, 0.3) is 11.3 Å². The molecule has 0 N–H and O–H groups in total. The molecule has 4 nitrogen and oxygen atoms in total. The molecule has 6 heteroatoms. The molecule has 0 aliphatic rings. The molecule has 0 aliphatic carbocycles. The second-order valence-corrected chi connectivity index (χ2v) is 4.92. The average molecular weight is 298 g/mol. The Hall–Kier alpha value is -1.52. The van der Waals surface area contributed by atoms with Crippen LogP contribution in [0.2, 0.25) is 10.0 Å². The van der Waals surface area contributed by atoms with Crippen LogP contribution in [0.1, 0.15) is 0 Å². The lowest BCUT2D eigenvalue weighted by Crippen LogP contribution is -2.13. The van der Waals surface area contributed by atoms with Gasteiger partial charge in [0.1, 0.15) is 5.69 Å². The molecule has 1 aromatic carbocycles. The average Bonchev–Trinajstić information content (AvgIpc) is 2.41. The Labute approximate surface area is 122 Å². The molecule has 0 radical (unpaired) electrons. The van der Waals surface area contributed by atoms with Crippen molar-refractivity contribution in [3.63, 3.8) is 0 Å². The highest BCUT2D eigenvalue weighted by molar-refractivity contribution is 6.42. The van der Waals surface area contributed by atoms with Gasteiger partial charge in [0.05, 0.1) is 23.4 Å². The number of methoxy groups -OCH3 is 1. The monoisotopic (exact) mass is 297 g/mol. The minimum Gasteiger partial charge on any atom is -0.493 e. The lowest BCUT2D eigenvalue weighted by molar-refractivity contribution is 0.412. The first-order chi connectivity index (χ1) is 9.02. The molecule has 2 aromatic rings. The van der Waals surface area contributed by atoms with Crippen LogP contribution in [-0.4, -0.2) is 31.2 Å². The van der Waals surface area contributed by atoms with E-state index in [2.05, 4.69) is 9.97 Å². The maximum absolute atomic E-state index is 6.04. The van der Waals surface area contributed by atoms with Crippen molar-refractivity contribution in [1.29, 1.82) is 0 Å². The molecule has 0 saturated heterocycles. The molecule has 100 valence electrons. The van der Waals surface area contributed by atoms with Gasteiger partial charge in [-0.25, -0.2) is 9.97 Å². The molecule has 0 fully saturated rings. The Kier molecular flexibility index (Phi) is 4.12. The number of aromatic nitrogens is 2. The van der Waals surface area contributed by atoms with Crippen molar-refractivity contribution in [2.45, 2.75) is 0 Å². The number of benzene rings is 1. The zero-order chi connectivity index (χ0) is 14.0. The molecule has 0 saturated carbocycles. The second-order valence-electron chi connectivity index (χ2n) is 4.11. The van der Waals surface area contributed by atoms with Gasteiger partial charge in [0.25, 0.3) is 0 Å². The Morgan fingerprint density at radius 1 is 1.16 bits per heavy atom. The zero-order valence-corrected chi connectivity index (χ0v) is 12.3. The van der Waals surface area contributed by atoms with E-state index in [0.717, 1.165) is 5.56 Å². The summed E-state index contributed by atoms with van der Waals surface area (Å²) < 4.78 is 5.28. The molecule has 1 heterocycles. The van der Waals surface area contributed by atoms with Gasteiger partial charge in [0.15, 0.2) is 5.75 Å². The van der Waals surface area contributed by atoms with Crippen molar-refractivity contribution in [2.75, 3.05) is 26.1 Å². The summed E-state index contributed by atoms with van der Waals surface area (Å²) in [5.74, 6) is 1.19. The van der Waals surface area contributed by atoms with Gasteiger partial charge in [0, 0.05) is 19.7 Å². The molecule has 0 bridgehead atoms. The predicted octanol–water partition coefficient (Wildman–Crippen LogP) is 3.53. The number of hydrogen-bond acceptors (Lipinski definition) is 4. The van der Waals surface area contributed by atoms with E-state index >= 15 is 0 Å². The van der Waals surface area contributed by atoms with Gasteiger partial charge >= 0.3 is 0 Å². The third-order valence-corrected chi connectivity index (χ3v) is 3.29. The number of anilines is 1. The highest BCUT2D eigenvalue weighted by Crippen LogP contribution is 2.32. The summed E-state index contributed by atoms with van der Waals surface area (Å²) in [7, 11) is 5.33. The maximum atomic E-state index is 6.04. The van der Waals surface area contributed by atoms with Crippen LogP contribution in [0.5, 0.6) is 5.75 Å². The Bertz CT molecular complexity index is 602. The van der Waals surface area contributed by atoms with E-state index in [0.29, 0.717) is 27.4 Å². The highest BCUT2D eigenvalue weighted by Gasteiger charge is 2.12. The first kappa shape index (κ1) is 13.9. The first-order valence-corrected chi connectivity index (χ1v) is 6.32. The van der Waals surface area contributed by atoms with Crippen molar-refractivity contribution >= 4 is 29.2 Å². The van der Waals surface area contributed by atoms with E-state index in [-0.39, 0.29) is 0 Å². The summed E-state index contributed by atoms with van der Waals surface area (Å²) in [5.41, 5.74) is 1.51. The third kappa shape index (κ3) is 2.91. The van der Waals surface area contributed by atoms with E-state index in [4.69, 9.17) is 27.9 Å². The zero-order valence-electron chi connectivity index (χ0n) is 10.8. The number of rotatable bonds is 3. The lowest BCUT2D eigenvalue weighted by atomic mass is 10.1. The minimum atomic E-state index is 0.478. The van der Waals surface area contributed by atoms with Crippen molar-refractivity contribution in [3.8, 4) is 17.0 Å². The molecule has 1 aromatic heterocycles. The van der Waals surface area contributed by atoms with Crippen LogP contribution in [0, 0.1) is 0 Å². The van der Waals surface area contributed by atoms with Gasteiger partial charge in [0.2, 0.25) is 5.95 Å². The SMILES string of the molecule is COc1cnc(N(C)C)nc1-c1ccc(Cl)c(Cl)c1. The summed E-state index contributed by atoms with van der Waals surface area (Å²) in [6.45, 7) is 0. The quantitative estimate of drug-likeness (QED) is 0.869. The van der Waals surface area contributed by atoms with Crippen molar-refractivity contribution in [1.82, 2.24) is 9.97 Å². The fourth-order valence-electron chi connectivity index (χ4n) is 1.58. The Balaban J connectivity index is 2.58. The van der Waals surface area contributed by atoms with E-state index in [9.17, 15) is 0 Å². The van der Waals surface area contributed by atoms with Gasteiger partial charge in [-0.1, -0.05) is 29.3 Å². The van der Waals surface area contributed by atoms with Gasteiger partial charge in [-0.3, -0.25) is 0 Å². The lowest BCUT2D eigenvalue weighted by Gasteiger charge is -2.14. The molecule has 0 aliphatic heterocycles. The number of nitrogens with zero attached hydrogens (tertiary/aromatic N) is 3. The topological polar surface area (TPSA) is 38.2 Å². The summed E-state index contributed by atoms with van der Waals surface area (Å²) in [6, 6.07) is 5.34. The normalized spacial score (nSPS) is 10.4. The standard InChI is InChI=1S/C13H13Cl2N3O/c1-18(2)13-16-7-11(19-3)12(17-13)8-4-5-9(14)10(15)6-8/h4-7H,1-3H3. The predicted molar refractivity (Wildman–Crippen MR) is 78.4 cm³/mol. The van der Waals surface area contributed by atoms with E-state index in [1.165, 1.54) is 0 Å². The Morgan fingerprint density at radius 2 is 1.89 bits per heavy atom. The van der Waals surface area contributed by atoms with Crippen LogP contribution in [0.15, 0.2) is 24.4 Å². The fraction of sp³-hybridized carbons (Fsp3) is 0.231. The van der Waals surface area contributed by atoms with Crippen molar-refractivity contribution in [2.24, 2.45) is 0 Å². The second kappa shape index (κ2) is 5.63. The van der Waals surface area contributed by atoms with Gasteiger partial charge < -0.3 is 9.64 Å².